The summed E-state index contributed by atoms with van der Waals surface area (Å²) in [6.45, 7) is 8.82. The smallest absolute Gasteiger partial charge is 0.409 e. The van der Waals surface area contributed by atoms with Gasteiger partial charge in [0.15, 0.2) is 0 Å². The highest BCUT2D eigenvalue weighted by Gasteiger charge is 2.40. The topological polar surface area (TPSA) is 203 Å². The van der Waals surface area contributed by atoms with Gasteiger partial charge in [0, 0.05) is 87.4 Å². The Labute approximate surface area is 457 Å². The molecule has 434 valence electrons. The Morgan fingerprint density at radius 1 is 0.500 bits per heavy atom. The molecule has 1 N–H and O–H groups in total. The third-order valence-electron chi connectivity index (χ3n) is 13.8. The van der Waals surface area contributed by atoms with E-state index in [-0.39, 0.29) is 121 Å². The molecule has 0 saturated carbocycles. The quantitative estimate of drug-likeness (QED) is 0.0366. The molecule has 1 aliphatic heterocycles. The number of rotatable bonds is 48. The normalized spacial score (nSPS) is 14.2. The summed E-state index contributed by atoms with van der Waals surface area (Å²) in [7, 11) is 0. The highest BCUT2D eigenvalue weighted by molar-refractivity contribution is 5.80. The van der Waals surface area contributed by atoms with E-state index in [2.05, 4.69) is 38.0 Å². The van der Waals surface area contributed by atoms with Gasteiger partial charge in [-0.2, -0.15) is 0 Å². The van der Waals surface area contributed by atoms with Gasteiger partial charge < -0.3 is 38.6 Å². The Balaban J connectivity index is 2.20. The van der Waals surface area contributed by atoms with Gasteiger partial charge in [-0.25, -0.2) is 4.79 Å². The van der Waals surface area contributed by atoms with Crippen LogP contribution in [0.2, 0.25) is 0 Å². The number of likely N-dealkylation sites (tertiary alicyclic amines) is 1. The van der Waals surface area contributed by atoms with Crippen molar-refractivity contribution in [3.05, 3.63) is 24.5 Å². The molecule has 16 nitrogen and oxygen atoms in total. The van der Waals surface area contributed by atoms with Gasteiger partial charge >= 0.3 is 35.9 Å². The van der Waals surface area contributed by atoms with E-state index in [1.165, 1.54) is 4.90 Å². The van der Waals surface area contributed by atoms with Crippen molar-refractivity contribution in [2.45, 2.75) is 239 Å². The Morgan fingerprint density at radius 2 is 0.895 bits per heavy atom. The average Bonchev–Trinajstić information content (AvgIpc) is 3.80. The van der Waals surface area contributed by atoms with Crippen molar-refractivity contribution in [2.75, 3.05) is 58.0 Å². The molecule has 1 amide bonds. The standard InChI is InChI=1S/C60H101N3O13/c1-5-9-13-17-21-25-30-55(65)72-45-49(46-73-56(66)31-26-22-18-14-10-6-2)40-53(64)42-51-43-63(60(70)71-39-29-36-62-52-34-37-61-38-35-52)44-54(51)76-59(69)41-50(47-74-57(67)32-27-23-19-15-11-7-3)48-75-58(68)33-28-24-20-16-12-8-4/h34-35,37-38,49-51,54H,5-33,36,39-48H2,1-4H3,(H,61,62)/t51-,54+/m0/s1. The van der Waals surface area contributed by atoms with Gasteiger partial charge in [-0.15, -0.1) is 0 Å². The number of hydrogen-bond donors (Lipinski definition) is 1. The lowest BCUT2D eigenvalue weighted by Gasteiger charge is -2.22. The number of hydrogen-bond acceptors (Lipinski definition) is 15. The van der Waals surface area contributed by atoms with Gasteiger partial charge in [0.1, 0.15) is 11.9 Å². The van der Waals surface area contributed by atoms with Crippen LogP contribution in [0.4, 0.5) is 10.5 Å². The van der Waals surface area contributed by atoms with Crippen molar-refractivity contribution in [1.29, 1.82) is 0 Å². The van der Waals surface area contributed by atoms with E-state index in [1.807, 2.05) is 12.1 Å². The molecular formula is C60H101N3O13. The van der Waals surface area contributed by atoms with E-state index in [0.717, 1.165) is 134 Å². The minimum Gasteiger partial charge on any atom is -0.465 e. The van der Waals surface area contributed by atoms with Crippen LogP contribution in [0, 0.1) is 17.8 Å². The first kappa shape index (κ1) is 67.3. The van der Waals surface area contributed by atoms with E-state index in [4.69, 9.17) is 28.4 Å². The number of nitrogens with one attached hydrogen (secondary N) is 1. The van der Waals surface area contributed by atoms with Crippen LogP contribution in [0.5, 0.6) is 0 Å². The van der Waals surface area contributed by atoms with E-state index >= 15 is 0 Å². The molecule has 2 rings (SSSR count). The summed E-state index contributed by atoms with van der Waals surface area (Å²) >= 11 is 0. The van der Waals surface area contributed by atoms with Crippen molar-refractivity contribution < 1.29 is 62.0 Å². The number of carbonyl (C=O) groups excluding carboxylic acids is 7. The Hall–Kier alpha value is -4.76. The Kier molecular flexibility index (Phi) is 40.1. The number of ketones is 1. The Bertz CT molecular complexity index is 1560. The monoisotopic (exact) mass is 1070 g/mol. The largest absolute Gasteiger partial charge is 0.465 e. The molecule has 0 spiro atoms. The maximum absolute atomic E-state index is 14.1. The zero-order chi connectivity index (χ0) is 55.3. The molecular weight excluding hydrogens is 971 g/mol. The van der Waals surface area contributed by atoms with Gasteiger partial charge in [0.05, 0.1) is 46.0 Å². The lowest BCUT2D eigenvalue weighted by molar-refractivity contribution is -0.158. The van der Waals surface area contributed by atoms with Crippen LogP contribution < -0.4 is 5.32 Å². The molecule has 76 heavy (non-hydrogen) atoms. The van der Waals surface area contributed by atoms with Crippen molar-refractivity contribution >= 4 is 47.4 Å². The zero-order valence-corrected chi connectivity index (χ0v) is 47.6. The summed E-state index contributed by atoms with van der Waals surface area (Å²) in [6.07, 6.45) is 27.3. The van der Waals surface area contributed by atoms with Crippen LogP contribution in [-0.2, 0) is 57.2 Å². The number of Topliss-reactive ketones (excluding diaryl/α,β-unsaturated/α-hetero) is 1. The number of aromatic nitrogens is 1. The number of pyridine rings is 1. The summed E-state index contributed by atoms with van der Waals surface area (Å²) in [6, 6.07) is 3.68. The highest BCUT2D eigenvalue weighted by Crippen LogP contribution is 2.27. The molecule has 2 heterocycles. The molecule has 1 aromatic heterocycles. The van der Waals surface area contributed by atoms with E-state index in [9.17, 15) is 33.6 Å². The summed E-state index contributed by atoms with van der Waals surface area (Å²) in [5.74, 6) is -4.31. The molecule has 0 unspecified atom stereocenters. The molecule has 1 fully saturated rings. The molecule has 1 aliphatic rings. The third kappa shape index (κ3) is 35.5. The molecule has 0 bridgehead atoms. The first-order chi connectivity index (χ1) is 37.0. The molecule has 1 saturated heterocycles. The van der Waals surface area contributed by atoms with Crippen LogP contribution >= 0.6 is 0 Å². The lowest BCUT2D eigenvalue weighted by Crippen LogP contribution is -2.32. The van der Waals surface area contributed by atoms with Crippen LogP contribution in [0.1, 0.15) is 233 Å². The third-order valence-corrected chi connectivity index (χ3v) is 13.8. The number of nitrogens with zero attached hydrogens (tertiary/aromatic N) is 2. The van der Waals surface area contributed by atoms with E-state index in [1.54, 1.807) is 12.4 Å². The van der Waals surface area contributed by atoms with Crippen molar-refractivity contribution in [1.82, 2.24) is 9.88 Å². The minimum atomic E-state index is -0.896. The molecule has 2 atom stereocenters. The second-order valence-electron chi connectivity index (χ2n) is 21.0. The van der Waals surface area contributed by atoms with Crippen LogP contribution in [-0.4, -0.2) is 110 Å². The number of amides is 1. The van der Waals surface area contributed by atoms with Gasteiger partial charge in [-0.1, -0.05) is 156 Å². The van der Waals surface area contributed by atoms with Crippen LogP contribution in [0.25, 0.3) is 0 Å². The first-order valence-corrected chi connectivity index (χ1v) is 29.9. The first-order valence-electron chi connectivity index (χ1n) is 29.9. The van der Waals surface area contributed by atoms with Crippen molar-refractivity contribution in [2.24, 2.45) is 17.8 Å². The van der Waals surface area contributed by atoms with E-state index < -0.39 is 35.9 Å². The number of unbranched alkanes of at least 4 members (excludes halogenated alkanes) is 20. The number of ether oxygens (including phenoxy) is 6. The van der Waals surface area contributed by atoms with Gasteiger partial charge in [0.2, 0.25) is 0 Å². The maximum atomic E-state index is 14.1. The summed E-state index contributed by atoms with van der Waals surface area (Å²) in [5, 5.41) is 3.26. The second kappa shape index (κ2) is 45.3. The minimum absolute atomic E-state index is 0.0293. The second-order valence-corrected chi connectivity index (χ2v) is 21.0. The van der Waals surface area contributed by atoms with Crippen molar-refractivity contribution in [3.8, 4) is 0 Å². The predicted molar refractivity (Wildman–Crippen MR) is 295 cm³/mol. The predicted octanol–water partition coefficient (Wildman–Crippen LogP) is 13.0. The molecule has 1 aromatic rings. The Morgan fingerprint density at radius 3 is 1.32 bits per heavy atom. The molecule has 0 radical (unpaired) electrons. The summed E-state index contributed by atoms with van der Waals surface area (Å²) in [4.78, 5) is 98.2. The van der Waals surface area contributed by atoms with Gasteiger partial charge in [-0.05, 0) is 44.2 Å². The number of carbonyl (C=O) groups is 7. The lowest BCUT2D eigenvalue weighted by atomic mass is 9.94. The SMILES string of the molecule is CCCCCCCCC(=O)OCC(COC(=O)CCCCCCCC)CC(=O)C[C@H]1CN(C(=O)OCCCNc2ccncc2)C[C@H]1OC(=O)CC(COC(=O)CCCCCCCC)COC(=O)CCCCCCCC. The van der Waals surface area contributed by atoms with Crippen LogP contribution in [0.15, 0.2) is 24.5 Å². The fourth-order valence-electron chi connectivity index (χ4n) is 9.16. The highest BCUT2D eigenvalue weighted by atomic mass is 16.6. The number of esters is 5. The van der Waals surface area contributed by atoms with Gasteiger partial charge in [0.25, 0.3) is 0 Å². The van der Waals surface area contributed by atoms with Gasteiger partial charge in [-0.3, -0.25) is 33.8 Å². The summed E-state index contributed by atoms with van der Waals surface area (Å²) < 4.78 is 34.3. The molecule has 0 aromatic carbocycles. The number of anilines is 1. The van der Waals surface area contributed by atoms with Crippen molar-refractivity contribution in [3.63, 3.8) is 0 Å². The van der Waals surface area contributed by atoms with Crippen LogP contribution in [0.3, 0.4) is 0 Å². The zero-order valence-electron chi connectivity index (χ0n) is 47.6. The summed E-state index contributed by atoms with van der Waals surface area (Å²) in [5.41, 5.74) is 0.887. The van der Waals surface area contributed by atoms with E-state index in [0.29, 0.717) is 38.6 Å². The average molecular weight is 1070 g/mol. The molecule has 0 aliphatic carbocycles. The fourth-order valence-corrected chi connectivity index (χ4v) is 9.16. The maximum Gasteiger partial charge on any atom is 0.409 e. The fraction of sp³-hybridized carbons (Fsp3) is 0.800. The molecule has 16 heteroatoms.